The number of benzene rings is 1. The lowest BCUT2D eigenvalue weighted by molar-refractivity contribution is 0.0600. The van der Waals surface area contributed by atoms with Crippen LogP contribution in [0.1, 0.15) is 10.4 Å². The number of hydrogen-bond donors (Lipinski definition) is 2. The van der Waals surface area contributed by atoms with Gasteiger partial charge in [-0.1, -0.05) is 0 Å². The van der Waals surface area contributed by atoms with E-state index in [0.29, 0.717) is 22.7 Å². The Balaban J connectivity index is 3.25. The van der Waals surface area contributed by atoms with Gasteiger partial charge in [-0.05, 0) is 12.1 Å². The lowest BCUT2D eigenvalue weighted by Gasteiger charge is -2.12. The van der Waals surface area contributed by atoms with Gasteiger partial charge in [0, 0.05) is 7.05 Å². The van der Waals surface area contributed by atoms with Gasteiger partial charge in [0.15, 0.2) is 0 Å². The van der Waals surface area contributed by atoms with Crippen LogP contribution in [-0.4, -0.2) is 27.2 Å². The topological polar surface area (TPSA) is 73.6 Å². The number of methoxy groups -OCH3 is 2. The predicted octanol–water partition coefficient (Wildman–Crippen LogP) is 1.11. The fourth-order valence-electron chi connectivity index (χ4n) is 1.30. The van der Waals surface area contributed by atoms with E-state index in [4.69, 9.17) is 10.5 Å². The van der Waals surface area contributed by atoms with Gasteiger partial charge in [0.25, 0.3) is 0 Å². The van der Waals surface area contributed by atoms with E-state index in [9.17, 15) is 4.79 Å². The number of carbonyl (C=O) groups excluding carboxylic acids is 1. The summed E-state index contributed by atoms with van der Waals surface area (Å²) in [5.74, 6) is 0.0700. The highest BCUT2D eigenvalue weighted by Crippen LogP contribution is 2.31. The summed E-state index contributed by atoms with van der Waals surface area (Å²) in [5.41, 5.74) is 7.22. The monoisotopic (exact) mass is 210 g/mol. The molecule has 0 aliphatic rings. The second-order valence-corrected chi connectivity index (χ2v) is 2.88. The average Bonchev–Trinajstić information content (AvgIpc) is 2.26. The van der Waals surface area contributed by atoms with E-state index in [1.165, 1.54) is 14.2 Å². The molecule has 1 aromatic rings. The third kappa shape index (κ3) is 2.12. The lowest BCUT2D eigenvalue weighted by atomic mass is 10.1. The van der Waals surface area contributed by atoms with Crippen LogP contribution in [0.15, 0.2) is 12.1 Å². The van der Waals surface area contributed by atoms with Gasteiger partial charge in [0.05, 0.1) is 31.2 Å². The van der Waals surface area contributed by atoms with Gasteiger partial charge in [-0.2, -0.15) is 0 Å². The molecule has 0 saturated heterocycles. The summed E-state index contributed by atoms with van der Waals surface area (Å²) < 4.78 is 9.70. The zero-order valence-corrected chi connectivity index (χ0v) is 8.96. The van der Waals surface area contributed by atoms with Gasteiger partial charge in [-0.15, -0.1) is 0 Å². The number of carbonyl (C=O) groups is 1. The first-order valence-corrected chi connectivity index (χ1v) is 4.37. The second kappa shape index (κ2) is 4.54. The van der Waals surface area contributed by atoms with Crippen molar-refractivity contribution in [2.45, 2.75) is 0 Å². The van der Waals surface area contributed by atoms with E-state index in [0.717, 1.165) is 0 Å². The predicted molar refractivity (Wildman–Crippen MR) is 58.3 cm³/mol. The van der Waals surface area contributed by atoms with Crippen LogP contribution in [0.3, 0.4) is 0 Å². The smallest absolute Gasteiger partial charge is 0.338 e. The third-order valence-electron chi connectivity index (χ3n) is 2.02. The summed E-state index contributed by atoms with van der Waals surface area (Å²) in [6.45, 7) is 0. The molecule has 0 amide bonds. The maximum Gasteiger partial charge on any atom is 0.338 e. The number of nitrogen functional groups attached to an aromatic ring is 1. The molecule has 0 fully saturated rings. The number of hydrogen-bond acceptors (Lipinski definition) is 5. The van der Waals surface area contributed by atoms with Crippen molar-refractivity contribution in [2.75, 3.05) is 32.3 Å². The van der Waals surface area contributed by atoms with Crippen LogP contribution in [0, 0.1) is 0 Å². The molecular weight excluding hydrogens is 196 g/mol. The van der Waals surface area contributed by atoms with Crippen LogP contribution in [-0.2, 0) is 4.74 Å². The summed E-state index contributed by atoms with van der Waals surface area (Å²) in [6.07, 6.45) is 0. The Kier molecular flexibility index (Phi) is 3.38. The molecule has 3 N–H and O–H groups in total. The number of nitrogens with two attached hydrogens (primary N) is 1. The molecule has 15 heavy (non-hydrogen) atoms. The zero-order valence-electron chi connectivity index (χ0n) is 8.96. The van der Waals surface area contributed by atoms with E-state index < -0.39 is 5.97 Å². The Morgan fingerprint density at radius 3 is 2.53 bits per heavy atom. The maximum atomic E-state index is 11.3. The van der Waals surface area contributed by atoms with E-state index in [1.54, 1.807) is 19.2 Å². The van der Waals surface area contributed by atoms with Crippen molar-refractivity contribution in [1.29, 1.82) is 0 Å². The van der Waals surface area contributed by atoms with Crippen molar-refractivity contribution in [3.8, 4) is 5.75 Å². The van der Waals surface area contributed by atoms with Crippen molar-refractivity contribution < 1.29 is 14.3 Å². The molecule has 1 aromatic carbocycles. The summed E-state index contributed by atoms with van der Waals surface area (Å²) in [5, 5.41) is 2.90. The molecule has 1 rings (SSSR count). The molecule has 0 saturated carbocycles. The fraction of sp³-hybridized carbons (Fsp3) is 0.300. The largest absolute Gasteiger partial charge is 0.494 e. The van der Waals surface area contributed by atoms with Crippen molar-refractivity contribution >= 4 is 17.3 Å². The van der Waals surface area contributed by atoms with Crippen LogP contribution in [0.25, 0.3) is 0 Å². The summed E-state index contributed by atoms with van der Waals surface area (Å²) in [7, 11) is 4.56. The average molecular weight is 210 g/mol. The van der Waals surface area contributed by atoms with Gasteiger partial charge in [-0.25, -0.2) is 4.79 Å². The molecule has 0 radical (unpaired) electrons. The first-order valence-electron chi connectivity index (χ1n) is 4.37. The first-order chi connectivity index (χ1) is 7.13. The minimum atomic E-state index is -0.442. The van der Waals surface area contributed by atoms with Crippen molar-refractivity contribution in [3.05, 3.63) is 17.7 Å². The van der Waals surface area contributed by atoms with E-state index in [1.807, 2.05) is 0 Å². The highest BCUT2D eigenvalue weighted by Gasteiger charge is 2.13. The minimum absolute atomic E-state index is 0.367. The lowest BCUT2D eigenvalue weighted by Crippen LogP contribution is -2.05. The molecule has 0 atom stereocenters. The van der Waals surface area contributed by atoms with Crippen LogP contribution in [0.2, 0.25) is 0 Å². The normalized spacial score (nSPS) is 9.53. The van der Waals surface area contributed by atoms with E-state index in [2.05, 4.69) is 10.1 Å². The third-order valence-corrected chi connectivity index (χ3v) is 2.02. The maximum absolute atomic E-state index is 11.3. The molecule has 0 spiro atoms. The van der Waals surface area contributed by atoms with Crippen LogP contribution in [0.5, 0.6) is 5.75 Å². The minimum Gasteiger partial charge on any atom is -0.494 e. The second-order valence-electron chi connectivity index (χ2n) is 2.88. The summed E-state index contributed by atoms with van der Waals surface area (Å²) >= 11 is 0. The Morgan fingerprint density at radius 1 is 1.40 bits per heavy atom. The van der Waals surface area contributed by atoms with Crippen LogP contribution in [0.4, 0.5) is 11.4 Å². The molecule has 0 aromatic heterocycles. The highest BCUT2D eigenvalue weighted by atomic mass is 16.5. The van der Waals surface area contributed by atoms with Gasteiger partial charge in [0.2, 0.25) is 0 Å². The fourth-order valence-corrected chi connectivity index (χ4v) is 1.30. The van der Waals surface area contributed by atoms with E-state index in [-0.39, 0.29) is 0 Å². The van der Waals surface area contributed by atoms with Crippen molar-refractivity contribution in [2.24, 2.45) is 0 Å². The van der Waals surface area contributed by atoms with Crippen LogP contribution < -0.4 is 15.8 Å². The quantitative estimate of drug-likeness (QED) is 0.577. The number of ether oxygens (including phenoxy) is 2. The summed E-state index contributed by atoms with van der Waals surface area (Å²) in [4.78, 5) is 11.3. The van der Waals surface area contributed by atoms with Gasteiger partial charge in [0.1, 0.15) is 5.75 Å². The zero-order chi connectivity index (χ0) is 11.4. The van der Waals surface area contributed by atoms with Gasteiger partial charge < -0.3 is 20.5 Å². The Hall–Kier alpha value is -1.91. The van der Waals surface area contributed by atoms with Crippen molar-refractivity contribution in [3.63, 3.8) is 0 Å². The molecule has 0 aliphatic carbocycles. The molecule has 0 heterocycles. The standard InChI is InChI=1S/C10H14N2O3/c1-12-9-7(11)4-6(10(13)15-3)5-8(9)14-2/h4-5,12H,11H2,1-3H3. The number of esters is 1. The molecule has 0 bridgehead atoms. The molecule has 5 heteroatoms. The number of anilines is 2. The molecule has 82 valence electrons. The first kappa shape index (κ1) is 11.2. The Morgan fingerprint density at radius 2 is 2.07 bits per heavy atom. The van der Waals surface area contributed by atoms with Gasteiger partial charge in [-0.3, -0.25) is 0 Å². The molecule has 0 unspecified atom stereocenters. The Labute approximate surface area is 88.2 Å². The van der Waals surface area contributed by atoms with Gasteiger partial charge >= 0.3 is 5.97 Å². The van der Waals surface area contributed by atoms with Crippen LogP contribution >= 0.6 is 0 Å². The Bertz CT molecular complexity index is 377. The summed E-state index contributed by atoms with van der Waals surface area (Å²) in [6, 6.07) is 3.12. The van der Waals surface area contributed by atoms with E-state index >= 15 is 0 Å². The molecular formula is C10H14N2O3. The van der Waals surface area contributed by atoms with Crippen molar-refractivity contribution in [1.82, 2.24) is 0 Å². The molecule has 0 aliphatic heterocycles. The number of nitrogens with one attached hydrogen (secondary N) is 1. The molecule has 5 nitrogen and oxygen atoms in total. The number of rotatable bonds is 3. The highest BCUT2D eigenvalue weighted by molar-refractivity contribution is 5.93. The SMILES string of the molecule is CNc1c(N)cc(C(=O)OC)cc1OC.